The minimum absolute atomic E-state index is 0.207. The largest absolute Gasteiger partial charge is 0.378 e. The van der Waals surface area contributed by atoms with Crippen molar-refractivity contribution in [3.63, 3.8) is 0 Å². The average Bonchev–Trinajstić information content (AvgIpc) is 3.27. The molecule has 1 amide bonds. The Balaban J connectivity index is 1.32. The molecule has 31 heavy (non-hydrogen) atoms. The number of aromatic nitrogens is 3. The van der Waals surface area contributed by atoms with Crippen molar-refractivity contribution in [2.75, 3.05) is 31.2 Å². The summed E-state index contributed by atoms with van der Waals surface area (Å²) in [5.41, 5.74) is 5.06. The predicted octanol–water partition coefficient (Wildman–Crippen LogP) is 3.16. The molecule has 5 rings (SSSR count). The maximum atomic E-state index is 12.8. The van der Waals surface area contributed by atoms with Crippen molar-refractivity contribution in [2.24, 2.45) is 0 Å². The van der Waals surface area contributed by atoms with Gasteiger partial charge in [0.1, 0.15) is 5.69 Å². The van der Waals surface area contributed by atoms with Gasteiger partial charge in [0.15, 0.2) is 5.65 Å². The number of para-hydroxylation sites is 1. The Labute approximate surface area is 180 Å². The van der Waals surface area contributed by atoms with Gasteiger partial charge < -0.3 is 15.0 Å². The van der Waals surface area contributed by atoms with E-state index < -0.39 is 0 Å². The number of hydrogen-bond acceptors (Lipinski definition) is 5. The molecule has 2 aromatic carbocycles. The van der Waals surface area contributed by atoms with Crippen LogP contribution in [0.15, 0.2) is 72.9 Å². The second kappa shape index (κ2) is 8.57. The second-order valence-corrected chi connectivity index (χ2v) is 7.42. The van der Waals surface area contributed by atoms with E-state index in [0.717, 1.165) is 48.8 Å². The minimum atomic E-state index is -0.207. The van der Waals surface area contributed by atoms with Crippen LogP contribution in [0.5, 0.6) is 0 Å². The molecular formula is C24H23N5O2. The monoisotopic (exact) mass is 413 g/mol. The van der Waals surface area contributed by atoms with Crippen LogP contribution >= 0.6 is 0 Å². The number of ether oxygens (including phenoxy) is 1. The molecule has 7 heteroatoms. The number of nitrogens with zero attached hydrogens (tertiary/aromatic N) is 4. The first kappa shape index (κ1) is 19.3. The summed E-state index contributed by atoms with van der Waals surface area (Å²) in [5, 5.41) is 7.56. The van der Waals surface area contributed by atoms with Gasteiger partial charge in [0.2, 0.25) is 0 Å². The lowest BCUT2D eigenvalue weighted by molar-refractivity contribution is 0.0946. The van der Waals surface area contributed by atoms with Crippen LogP contribution in [0.25, 0.3) is 16.9 Å². The van der Waals surface area contributed by atoms with Crippen molar-refractivity contribution in [3.05, 3.63) is 84.2 Å². The Morgan fingerprint density at radius 3 is 2.61 bits per heavy atom. The van der Waals surface area contributed by atoms with Gasteiger partial charge >= 0.3 is 0 Å². The number of benzene rings is 2. The Morgan fingerprint density at radius 1 is 1.00 bits per heavy atom. The highest BCUT2D eigenvalue weighted by Crippen LogP contribution is 2.22. The number of nitrogens with one attached hydrogen (secondary N) is 1. The van der Waals surface area contributed by atoms with E-state index in [1.165, 1.54) is 0 Å². The van der Waals surface area contributed by atoms with Gasteiger partial charge in [-0.3, -0.25) is 4.79 Å². The van der Waals surface area contributed by atoms with Crippen molar-refractivity contribution in [2.45, 2.75) is 6.54 Å². The summed E-state index contributed by atoms with van der Waals surface area (Å²) in [6, 6.07) is 21.7. The molecule has 0 spiro atoms. The van der Waals surface area contributed by atoms with Crippen LogP contribution in [0, 0.1) is 0 Å². The van der Waals surface area contributed by atoms with Gasteiger partial charge in [-0.1, -0.05) is 48.5 Å². The average molecular weight is 413 g/mol. The molecule has 1 aliphatic rings. The lowest BCUT2D eigenvalue weighted by Gasteiger charge is -2.30. The topological polar surface area (TPSA) is 71.8 Å². The fraction of sp³-hybridized carbons (Fsp3) is 0.208. The normalized spacial score (nSPS) is 14.0. The van der Waals surface area contributed by atoms with Gasteiger partial charge in [-0.25, -0.2) is 9.50 Å². The van der Waals surface area contributed by atoms with E-state index in [0.29, 0.717) is 17.9 Å². The van der Waals surface area contributed by atoms with Crippen LogP contribution in [0.4, 0.5) is 5.69 Å². The van der Waals surface area contributed by atoms with Crippen LogP contribution in [0.3, 0.4) is 0 Å². The van der Waals surface area contributed by atoms with Crippen molar-refractivity contribution in [1.82, 2.24) is 19.9 Å². The molecule has 3 heterocycles. The SMILES string of the molecule is O=C(NCc1ccccc1N1CCOCC1)c1ccn2nc(-c3ccccc3)cc2n1. The zero-order chi connectivity index (χ0) is 21.0. The number of carbonyl (C=O) groups is 1. The third kappa shape index (κ3) is 4.13. The van der Waals surface area contributed by atoms with Gasteiger partial charge in [0, 0.05) is 43.1 Å². The first-order chi connectivity index (χ1) is 15.3. The number of fused-ring (bicyclic) bond motifs is 1. The molecular weight excluding hydrogens is 390 g/mol. The van der Waals surface area contributed by atoms with E-state index in [-0.39, 0.29) is 5.91 Å². The van der Waals surface area contributed by atoms with Gasteiger partial charge in [0.05, 0.1) is 18.9 Å². The fourth-order valence-electron chi connectivity index (χ4n) is 3.80. The lowest BCUT2D eigenvalue weighted by atomic mass is 10.1. The maximum absolute atomic E-state index is 12.8. The Bertz CT molecular complexity index is 1200. The number of morpholine rings is 1. The lowest BCUT2D eigenvalue weighted by Crippen LogP contribution is -2.37. The second-order valence-electron chi connectivity index (χ2n) is 7.42. The van der Waals surface area contributed by atoms with Crippen molar-refractivity contribution in [1.29, 1.82) is 0 Å². The summed E-state index contributed by atoms with van der Waals surface area (Å²) in [4.78, 5) is 19.6. The number of amides is 1. The summed E-state index contributed by atoms with van der Waals surface area (Å²) in [5.74, 6) is -0.207. The Morgan fingerprint density at radius 2 is 1.77 bits per heavy atom. The van der Waals surface area contributed by atoms with Gasteiger partial charge in [-0.05, 0) is 17.7 Å². The molecule has 0 saturated carbocycles. The minimum Gasteiger partial charge on any atom is -0.378 e. The van der Waals surface area contributed by atoms with Crippen molar-refractivity contribution in [3.8, 4) is 11.3 Å². The molecule has 0 unspecified atom stereocenters. The Kier molecular flexibility index (Phi) is 5.33. The predicted molar refractivity (Wildman–Crippen MR) is 119 cm³/mol. The third-order valence-electron chi connectivity index (χ3n) is 5.41. The fourth-order valence-corrected chi connectivity index (χ4v) is 3.80. The van der Waals surface area contributed by atoms with E-state index in [1.54, 1.807) is 16.8 Å². The maximum Gasteiger partial charge on any atom is 0.270 e. The molecule has 7 nitrogen and oxygen atoms in total. The summed E-state index contributed by atoms with van der Waals surface area (Å²) >= 11 is 0. The Hall–Kier alpha value is -3.71. The molecule has 1 aliphatic heterocycles. The zero-order valence-electron chi connectivity index (χ0n) is 17.1. The molecule has 0 atom stereocenters. The number of hydrogen-bond donors (Lipinski definition) is 1. The molecule has 2 aromatic heterocycles. The third-order valence-corrected chi connectivity index (χ3v) is 5.41. The molecule has 156 valence electrons. The standard InChI is InChI=1S/C24H23N5O2/c30-24(25-17-19-8-4-5-9-22(19)28-12-14-31-15-13-28)20-10-11-29-23(26-20)16-21(27-29)18-6-2-1-3-7-18/h1-11,16H,12-15,17H2,(H,25,30). The molecule has 1 fully saturated rings. The summed E-state index contributed by atoms with van der Waals surface area (Å²) < 4.78 is 7.14. The molecule has 0 aliphatic carbocycles. The van der Waals surface area contributed by atoms with Crippen LogP contribution in [-0.4, -0.2) is 46.8 Å². The smallest absolute Gasteiger partial charge is 0.270 e. The number of carbonyl (C=O) groups excluding carboxylic acids is 1. The zero-order valence-corrected chi connectivity index (χ0v) is 17.1. The highest BCUT2D eigenvalue weighted by Gasteiger charge is 2.16. The molecule has 0 bridgehead atoms. The van der Waals surface area contributed by atoms with Gasteiger partial charge in [-0.15, -0.1) is 0 Å². The summed E-state index contributed by atoms with van der Waals surface area (Å²) in [6.45, 7) is 3.60. The molecule has 1 N–H and O–H groups in total. The van der Waals surface area contributed by atoms with Crippen LogP contribution < -0.4 is 10.2 Å². The number of anilines is 1. The van der Waals surface area contributed by atoms with Gasteiger partial charge in [-0.2, -0.15) is 5.10 Å². The first-order valence-corrected chi connectivity index (χ1v) is 10.4. The van der Waals surface area contributed by atoms with Crippen molar-refractivity contribution < 1.29 is 9.53 Å². The number of rotatable bonds is 5. The van der Waals surface area contributed by atoms with E-state index in [1.807, 2.05) is 54.6 Å². The van der Waals surface area contributed by atoms with E-state index >= 15 is 0 Å². The highest BCUT2D eigenvalue weighted by molar-refractivity contribution is 5.92. The van der Waals surface area contributed by atoms with E-state index in [2.05, 4.69) is 26.4 Å². The van der Waals surface area contributed by atoms with Gasteiger partial charge in [0.25, 0.3) is 5.91 Å². The first-order valence-electron chi connectivity index (χ1n) is 10.4. The quantitative estimate of drug-likeness (QED) is 0.544. The van der Waals surface area contributed by atoms with Crippen molar-refractivity contribution >= 4 is 17.2 Å². The summed E-state index contributed by atoms with van der Waals surface area (Å²) in [6.07, 6.45) is 1.77. The summed E-state index contributed by atoms with van der Waals surface area (Å²) in [7, 11) is 0. The van der Waals surface area contributed by atoms with E-state index in [9.17, 15) is 4.79 Å². The van der Waals surface area contributed by atoms with E-state index in [4.69, 9.17) is 4.74 Å². The van der Waals surface area contributed by atoms with Crippen LogP contribution in [0.2, 0.25) is 0 Å². The molecule has 1 saturated heterocycles. The van der Waals surface area contributed by atoms with Crippen LogP contribution in [-0.2, 0) is 11.3 Å². The van der Waals surface area contributed by atoms with Crippen LogP contribution in [0.1, 0.15) is 16.1 Å². The molecule has 0 radical (unpaired) electrons. The highest BCUT2D eigenvalue weighted by atomic mass is 16.5. The molecule has 4 aromatic rings.